The molecule has 3 rings (SSSR count). The molecule has 0 saturated carbocycles. The maximum atomic E-state index is 12.3. The smallest absolute Gasteiger partial charge is 0.253 e. The summed E-state index contributed by atoms with van der Waals surface area (Å²) in [5, 5.41) is 15.1. The number of nitrogens with one attached hydrogen (secondary N) is 2. The zero-order valence-corrected chi connectivity index (χ0v) is 19.5. The molecule has 1 aromatic heterocycles. The van der Waals surface area contributed by atoms with Crippen molar-refractivity contribution in [3.63, 3.8) is 0 Å². The number of anilines is 1. The van der Waals surface area contributed by atoms with Gasteiger partial charge in [-0.25, -0.2) is 0 Å². The van der Waals surface area contributed by atoms with E-state index in [4.69, 9.17) is 23.2 Å². The van der Waals surface area contributed by atoms with Crippen LogP contribution in [0.15, 0.2) is 41.6 Å². The molecule has 2 N–H and O–H groups in total. The number of rotatable bonds is 7. The number of amides is 2. The lowest BCUT2D eigenvalue weighted by Gasteiger charge is -2.08. The van der Waals surface area contributed by atoms with Gasteiger partial charge in [0.1, 0.15) is 0 Å². The Morgan fingerprint density at radius 3 is 2.55 bits per heavy atom. The molecule has 162 valence electrons. The first-order chi connectivity index (χ1) is 14.7. The van der Waals surface area contributed by atoms with Crippen molar-refractivity contribution < 1.29 is 9.59 Å². The topological polar surface area (TPSA) is 88.9 Å². The second-order valence-corrected chi connectivity index (χ2v) is 8.69. The zero-order chi connectivity index (χ0) is 22.5. The standard InChI is InChI=1S/C21H21Cl2N5O2S/c1-12-4-6-15(8-13(12)2)25-19(29)11-31-21-27-26-18(28(21)3)10-24-20(30)16-7-5-14(22)9-17(16)23/h4-9H,10-11H2,1-3H3,(H,24,30)(H,25,29). The number of benzene rings is 2. The van der Waals surface area contributed by atoms with Crippen LogP contribution in [0.1, 0.15) is 27.3 Å². The molecule has 0 saturated heterocycles. The van der Waals surface area contributed by atoms with Gasteiger partial charge in [-0.15, -0.1) is 10.2 Å². The molecule has 0 spiro atoms. The van der Waals surface area contributed by atoms with E-state index in [2.05, 4.69) is 20.8 Å². The van der Waals surface area contributed by atoms with Crippen LogP contribution < -0.4 is 10.6 Å². The van der Waals surface area contributed by atoms with Gasteiger partial charge in [-0.1, -0.05) is 41.0 Å². The monoisotopic (exact) mass is 477 g/mol. The molecule has 0 fully saturated rings. The van der Waals surface area contributed by atoms with Crippen LogP contribution in [0.3, 0.4) is 0 Å². The number of carbonyl (C=O) groups is 2. The Labute approximate surface area is 194 Å². The summed E-state index contributed by atoms with van der Waals surface area (Å²) in [6, 6.07) is 10.5. The molecule has 0 aliphatic carbocycles. The van der Waals surface area contributed by atoms with Crippen molar-refractivity contribution in [2.45, 2.75) is 25.5 Å². The Morgan fingerprint density at radius 1 is 1.06 bits per heavy atom. The SMILES string of the molecule is Cc1ccc(NC(=O)CSc2nnc(CNC(=O)c3ccc(Cl)cc3Cl)n2C)cc1C. The van der Waals surface area contributed by atoms with Crippen molar-refractivity contribution in [2.24, 2.45) is 7.05 Å². The minimum Gasteiger partial charge on any atom is -0.345 e. The molecular weight excluding hydrogens is 457 g/mol. The highest BCUT2D eigenvalue weighted by Gasteiger charge is 2.15. The highest BCUT2D eigenvalue weighted by atomic mass is 35.5. The summed E-state index contributed by atoms with van der Waals surface area (Å²) >= 11 is 13.2. The summed E-state index contributed by atoms with van der Waals surface area (Å²) in [6.45, 7) is 4.19. The fourth-order valence-corrected chi connectivity index (χ4v) is 3.92. The molecule has 2 amide bonds. The second-order valence-electron chi connectivity index (χ2n) is 6.90. The van der Waals surface area contributed by atoms with Gasteiger partial charge in [0.25, 0.3) is 5.91 Å². The summed E-state index contributed by atoms with van der Waals surface area (Å²) in [7, 11) is 1.78. The number of carbonyl (C=O) groups excluding carboxylic acids is 2. The van der Waals surface area contributed by atoms with Gasteiger partial charge in [-0.3, -0.25) is 9.59 Å². The lowest BCUT2D eigenvalue weighted by atomic mass is 10.1. The maximum absolute atomic E-state index is 12.3. The summed E-state index contributed by atoms with van der Waals surface area (Å²) in [4.78, 5) is 24.6. The number of nitrogens with zero attached hydrogens (tertiary/aromatic N) is 3. The van der Waals surface area contributed by atoms with Crippen LogP contribution >= 0.6 is 35.0 Å². The summed E-state index contributed by atoms with van der Waals surface area (Å²) in [6.07, 6.45) is 0. The number of hydrogen-bond acceptors (Lipinski definition) is 5. The van der Waals surface area contributed by atoms with Gasteiger partial charge in [-0.2, -0.15) is 0 Å². The Bertz CT molecular complexity index is 1130. The minimum absolute atomic E-state index is 0.136. The lowest BCUT2D eigenvalue weighted by molar-refractivity contribution is -0.113. The van der Waals surface area contributed by atoms with Crippen molar-refractivity contribution in [1.82, 2.24) is 20.1 Å². The summed E-state index contributed by atoms with van der Waals surface area (Å²) in [5.74, 6) is 0.261. The first-order valence-corrected chi connectivity index (χ1v) is 11.1. The zero-order valence-electron chi connectivity index (χ0n) is 17.2. The van der Waals surface area contributed by atoms with E-state index in [1.807, 2.05) is 32.0 Å². The third kappa shape index (κ3) is 6.00. The third-order valence-corrected chi connectivity index (χ3v) is 6.20. The second kappa shape index (κ2) is 10.2. The summed E-state index contributed by atoms with van der Waals surface area (Å²) < 4.78 is 1.73. The van der Waals surface area contributed by atoms with E-state index in [1.54, 1.807) is 23.7 Å². The van der Waals surface area contributed by atoms with Gasteiger partial charge in [0.15, 0.2) is 11.0 Å². The molecule has 0 bridgehead atoms. The molecule has 0 unspecified atom stereocenters. The van der Waals surface area contributed by atoms with Gasteiger partial charge in [0, 0.05) is 17.8 Å². The maximum Gasteiger partial charge on any atom is 0.253 e. The molecule has 3 aromatic rings. The Morgan fingerprint density at radius 2 is 1.84 bits per heavy atom. The highest BCUT2D eigenvalue weighted by Crippen LogP contribution is 2.21. The van der Waals surface area contributed by atoms with Gasteiger partial charge >= 0.3 is 0 Å². The van der Waals surface area contributed by atoms with Crippen LogP contribution in [0.25, 0.3) is 0 Å². The van der Waals surface area contributed by atoms with E-state index in [1.165, 1.54) is 23.4 Å². The quantitative estimate of drug-likeness (QED) is 0.492. The molecule has 0 aliphatic heterocycles. The van der Waals surface area contributed by atoms with E-state index in [0.717, 1.165) is 11.3 Å². The average Bonchev–Trinajstić information content (AvgIpc) is 3.07. The fraction of sp³-hybridized carbons (Fsp3) is 0.238. The first-order valence-electron chi connectivity index (χ1n) is 9.36. The number of halogens is 2. The van der Waals surface area contributed by atoms with Crippen molar-refractivity contribution in [1.29, 1.82) is 0 Å². The predicted octanol–water partition coefficient (Wildman–Crippen LogP) is 4.40. The molecule has 31 heavy (non-hydrogen) atoms. The van der Waals surface area contributed by atoms with Gasteiger partial charge in [0.05, 0.1) is 22.9 Å². The van der Waals surface area contributed by atoms with Crippen LogP contribution in [0.2, 0.25) is 10.0 Å². The third-order valence-electron chi connectivity index (χ3n) is 4.63. The largest absolute Gasteiger partial charge is 0.345 e. The molecule has 2 aromatic carbocycles. The van der Waals surface area contributed by atoms with Gasteiger partial charge in [-0.05, 0) is 55.3 Å². The van der Waals surface area contributed by atoms with Gasteiger partial charge < -0.3 is 15.2 Å². The van der Waals surface area contributed by atoms with E-state index >= 15 is 0 Å². The Kier molecular flexibility index (Phi) is 7.59. The van der Waals surface area contributed by atoms with E-state index < -0.39 is 0 Å². The van der Waals surface area contributed by atoms with E-state index in [-0.39, 0.29) is 29.1 Å². The van der Waals surface area contributed by atoms with Crippen LogP contribution in [-0.2, 0) is 18.4 Å². The van der Waals surface area contributed by atoms with Crippen LogP contribution in [0.5, 0.6) is 0 Å². The molecule has 0 radical (unpaired) electrons. The van der Waals surface area contributed by atoms with Gasteiger partial charge in [0.2, 0.25) is 5.91 Å². The molecule has 1 heterocycles. The Balaban J connectivity index is 1.54. The number of aryl methyl sites for hydroxylation is 2. The first kappa shape index (κ1) is 23.1. The van der Waals surface area contributed by atoms with Crippen molar-refractivity contribution in [3.8, 4) is 0 Å². The lowest BCUT2D eigenvalue weighted by Crippen LogP contribution is -2.24. The number of thioether (sulfide) groups is 1. The normalized spacial score (nSPS) is 10.7. The molecule has 7 nitrogen and oxygen atoms in total. The van der Waals surface area contributed by atoms with E-state index in [9.17, 15) is 9.59 Å². The fourth-order valence-electron chi connectivity index (χ4n) is 2.70. The summed E-state index contributed by atoms with van der Waals surface area (Å²) in [5.41, 5.74) is 3.37. The van der Waals surface area contributed by atoms with Crippen molar-refractivity contribution >= 4 is 52.5 Å². The number of hydrogen-bond donors (Lipinski definition) is 2. The van der Waals surface area contributed by atoms with Crippen LogP contribution in [0.4, 0.5) is 5.69 Å². The molecule has 10 heteroatoms. The predicted molar refractivity (Wildman–Crippen MR) is 124 cm³/mol. The van der Waals surface area contributed by atoms with Crippen LogP contribution in [0, 0.1) is 13.8 Å². The number of aromatic nitrogens is 3. The molecule has 0 aliphatic rings. The minimum atomic E-state index is -0.341. The van der Waals surface area contributed by atoms with E-state index in [0.29, 0.717) is 21.6 Å². The molecule has 0 atom stereocenters. The highest BCUT2D eigenvalue weighted by molar-refractivity contribution is 7.99. The van der Waals surface area contributed by atoms with Crippen LogP contribution in [-0.4, -0.2) is 32.3 Å². The average molecular weight is 478 g/mol. The Hall–Kier alpha value is -2.55. The van der Waals surface area contributed by atoms with Crippen molar-refractivity contribution in [2.75, 3.05) is 11.1 Å². The molecular formula is C21H21Cl2N5O2S. The van der Waals surface area contributed by atoms with Crippen molar-refractivity contribution in [3.05, 3.63) is 69.0 Å².